The molecule has 0 radical (unpaired) electrons. The normalized spacial score (nSPS) is 10.2. The molecule has 11 heteroatoms. The van der Waals surface area contributed by atoms with Gasteiger partial charge in [-0.3, -0.25) is 19.7 Å². The highest BCUT2D eigenvalue weighted by Gasteiger charge is 2.14. The van der Waals surface area contributed by atoms with Gasteiger partial charge in [0.05, 0.1) is 5.56 Å². The summed E-state index contributed by atoms with van der Waals surface area (Å²) in [5.74, 6) is 0.168. The number of rotatable bonds is 8. The van der Waals surface area contributed by atoms with Gasteiger partial charge >= 0.3 is 0 Å². The van der Waals surface area contributed by atoms with Crippen molar-refractivity contribution in [3.05, 3.63) is 131 Å². The van der Waals surface area contributed by atoms with E-state index in [0.717, 1.165) is 11.1 Å². The summed E-state index contributed by atoms with van der Waals surface area (Å²) < 4.78 is 0. The molecule has 0 saturated heterocycles. The average Bonchev–Trinajstić information content (AvgIpc) is 3.03. The first kappa shape index (κ1) is 32.9. The Morgan fingerprint density at radius 2 is 1.00 bits per heavy atom. The molecule has 0 unspecified atom stereocenters. The first-order chi connectivity index (χ1) is 21.2. The number of carbonyl (C=O) groups is 1. The molecule has 0 fully saturated rings. The van der Waals surface area contributed by atoms with Crippen LogP contribution in [0, 0.1) is 0 Å². The van der Waals surface area contributed by atoms with Gasteiger partial charge in [0.25, 0.3) is 0 Å². The van der Waals surface area contributed by atoms with Crippen molar-refractivity contribution in [2.45, 2.75) is 26.2 Å². The van der Waals surface area contributed by atoms with Crippen LogP contribution >= 0.6 is 0 Å². The third kappa shape index (κ3) is 10.6. The van der Waals surface area contributed by atoms with E-state index in [1.54, 1.807) is 24.8 Å². The van der Waals surface area contributed by atoms with Gasteiger partial charge in [0.15, 0.2) is 6.29 Å². The van der Waals surface area contributed by atoms with E-state index >= 15 is 0 Å². The van der Waals surface area contributed by atoms with Crippen LogP contribution in [-0.4, -0.2) is 51.8 Å². The largest absolute Gasteiger partial charge is 0.508 e. The van der Waals surface area contributed by atoms with Gasteiger partial charge in [-0.1, -0.05) is 0 Å². The minimum atomic E-state index is -0.118. The lowest BCUT2D eigenvalue weighted by molar-refractivity contribution is 0.112. The lowest BCUT2D eigenvalue weighted by Gasteiger charge is -2.23. The van der Waals surface area contributed by atoms with Crippen molar-refractivity contribution in [1.82, 2.24) is 14.9 Å². The number of hydrogen-bond acceptors (Lipinski definition) is 11. The molecule has 0 spiro atoms. The zero-order chi connectivity index (χ0) is 31.9. The number of hydrogen-bond donors (Lipinski definition) is 7. The molecule has 0 aliphatic heterocycles. The molecule has 0 aliphatic rings. The highest BCUT2D eigenvalue weighted by molar-refractivity contribution is 5.79. The zero-order valence-corrected chi connectivity index (χ0v) is 23.7. The molecular weight excluding hydrogens is 564 g/mol. The number of phenols is 6. The molecule has 5 aromatic rings. The molecule has 3 aromatic carbocycles. The van der Waals surface area contributed by atoms with Crippen LogP contribution in [0.2, 0.25) is 0 Å². The Balaban J connectivity index is 0.000000238. The van der Waals surface area contributed by atoms with Gasteiger partial charge in [-0.25, -0.2) is 0 Å². The van der Waals surface area contributed by atoms with Gasteiger partial charge in [-0.2, -0.15) is 0 Å². The first-order valence-corrected chi connectivity index (χ1v) is 13.4. The number of aromatic nitrogens is 2. The maximum Gasteiger partial charge on any atom is 0.153 e. The Labute approximate surface area is 254 Å². The van der Waals surface area contributed by atoms with Crippen LogP contribution in [0.25, 0.3) is 0 Å². The van der Waals surface area contributed by atoms with Crippen molar-refractivity contribution < 1.29 is 35.4 Å². The Morgan fingerprint density at radius 1 is 0.568 bits per heavy atom. The molecule has 11 nitrogen and oxygen atoms in total. The van der Waals surface area contributed by atoms with Gasteiger partial charge in [0.2, 0.25) is 0 Å². The molecule has 228 valence electrons. The quantitative estimate of drug-likeness (QED) is 0.0978. The van der Waals surface area contributed by atoms with Crippen LogP contribution in [0.5, 0.6) is 34.5 Å². The maximum absolute atomic E-state index is 10.1. The highest BCUT2D eigenvalue weighted by Crippen LogP contribution is 2.28. The molecule has 0 saturated carbocycles. The number of aldehydes is 1. The van der Waals surface area contributed by atoms with Crippen LogP contribution in [0.4, 0.5) is 0 Å². The van der Waals surface area contributed by atoms with Gasteiger partial charge in [-0.15, -0.1) is 0 Å². The van der Waals surface area contributed by atoms with Crippen LogP contribution < -0.4 is 5.73 Å². The highest BCUT2D eigenvalue weighted by atomic mass is 16.3. The fourth-order valence-electron chi connectivity index (χ4n) is 3.95. The predicted octanol–water partition coefficient (Wildman–Crippen LogP) is 4.56. The fourth-order valence-corrected chi connectivity index (χ4v) is 3.95. The minimum Gasteiger partial charge on any atom is -0.508 e. The molecule has 2 heterocycles. The van der Waals surface area contributed by atoms with Gasteiger partial charge in [-0.05, 0) is 90.0 Å². The molecule has 0 amide bonds. The van der Waals surface area contributed by atoms with Crippen LogP contribution in [0.1, 0.15) is 32.6 Å². The third-order valence-corrected chi connectivity index (χ3v) is 6.19. The van der Waals surface area contributed by atoms with E-state index in [-0.39, 0.29) is 40.1 Å². The van der Waals surface area contributed by atoms with E-state index in [1.165, 1.54) is 54.6 Å². The summed E-state index contributed by atoms with van der Waals surface area (Å²) in [5.41, 5.74) is 8.69. The molecule has 5 rings (SSSR count). The Bertz CT molecular complexity index is 1570. The van der Waals surface area contributed by atoms with Gasteiger partial charge < -0.3 is 36.4 Å². The van der Waals surface area contributed by atoms with Crippen molar-refractivity contribution in [3.63, 3.8) is 0 Å². The Kier molecular flexibility index (Phi) is 12.5. The summed E-state index contributed by atoms with van der Waals surface area (Å²) in [5, 5.41) is 57.2. The summed E-state index contributed by atoms with van der Waals surface area (Å²) in [6.07, 6.45) is 7.36. The molecule has 0 bridgehead atoms. The van der Waals surface area contributed by atoms with Crippen LogP contribution in [0.15, 0.2) is 104 Å². The number of carbonyl (C=O) groups excluding carboxylic acids is 1. The van der Waals surface area contributed by atoms with Crippen molar-refractivity contribution in [1.29, 1.82) is 0 Å². The molecular formula is C33H34N4O7. The third-order valence-electron chi connectivity index (χ3n) is 6.19. The minimum absolute atomic E-state index is 0.0279. The van der Waals surface area contributed by atoms with Crippen molar-refractivity contribution >= 4 is 6.29 Å². The Hall–Kier alpha value is -5.65. The SMILES string of the molecule is NCc1ccncc1.O=Cc1cc(O)ccc1O.Oc1ccc(O)c(CN(Cc2ccncc2)Cc2cc(O)ccc2O)c1. The van der Waals surface area contributed by atoms with Crippen LogP contribution in [-0.2, 0) is 26.2 Å². The lowest BCUT2D eigenvalue weighted by atomic mass is 10.1. The second kappa shape index (κ2) is 16.7. The molecule has 8 N–H and O–H groups in total. The monoisotopic (exact) mass is 598 g/mol. The average molecular weight is 599 g/mol. The number of aromatic hydroxyl groups is 6. The second-order valence-electron chi connectivity index (χ2n) is 9.55. The van der Waals surface area contributed by atoms with Crippen molar-refractivity contribution in [2.75, 3.05) is 0 Å². The number of benzene rings is 3. The van der Waals surface area contributed by atoms with E-state index in [1.807, 2.05) is 29.2 Å². The number of nitrogens with zero attached hydrogens (tertiary/aromatic N) is 3. The molecule has 44 heavy (non-hydrogen) atoms. The number of nitrogens with two attached hydrogens (primary N) is 1. The Morgan fingerprint density at radius 3 is 1.41 bits per heavy atom. The van der Waals surface area contributed by atoms with E-state index in [2.05, 4.69) is 9.97 Å². The van der Waals surface area contributed by atoms with Gasteiger partial charge in [0, 0.05) is 62.1 Å². The second-order valence-corrected chi connectivity index (χ2v) is 9.55. The molecule has 2 aromatic heterocycles. The van der Waals surface area contributed by atoms with Gasteiger partial charge in [0.1, 0.15) is 34.5 Å². The lowest BCUT2D eigenvalue weighted by Crippen LogP contribution is -2.22. The summed E-state index contributed by atoms with van der Waals surface area (Å²) >= 11 is 0. The smallest absolute Gasteiger partial charge is 0.153 e. The standard InChI is InChI=1S/C20H20N2O4.C7H6O3.C6H8N2/c23-17-1-3-19(25)15(9-17)12-22(11-14-5-7-21-8-6-14)13-16-10-18(24)2-4-20(16)26;8-4-5-3-6(9)1-2-7(5)10;7-5-6-1-3-8-4-2-6/h1-10,23-26H,11-13H2;1-4,9-10H;1-4H,5,7H2. The van der Waals surface area contributed by atoms with Crippen molar-refractivity contribution in [2.24, 2.45) is 5.73 Å². The number of pyridine rings is 2. The maximum atomic E-state index is 10.1. The van der Waals surface area contributed by atoms with E-state index < -0.39 is 0 Å². The summed E-state index contributed by atoms with van der Waals surface area (Å²) in [7, 11) is 0. The van der Waals surface area contributed by atoms with Crippen molar-refractivity contribution in [3.8, 4) is 34.5 Å². The molecule has 0 atom stereocenters. The fraction of sp³-hybridized carbons (Fsp3) is 0.121. The molecule has 0 aliphatic carbocycles. The first-order valence-electron chi connectivity index (χ1n) is 13.4. The summed E-state index contributed by atoms with van der Waals surface area (Å²) in [6.45, 7) is 1.82. The summed E-state index contributed by atoms with van der Waals surface area (Å²) in [4.78, 5) is 19.9. The topological polar surface area (TPSA) is 193 Å². The zero-order valence-electron chi connectivity index (χ0n) is 23.7. The number of phenolic OH excluding ortho intramolecular Hbond substituents is 6. The van der Waals surface area contributed by atoms with Crippen LogP contribution in [0.3, 0.4) is 0 Å². The predicted molar refractivity (Wildman–Crippen MR) is 164 cm³/mol. The summed E-state index contributed by atoms with van der Waals surface area (Å²) in [6, 6.07) is 20.1. The van der Waals surface area contributed by atoms with E-state index in [4.69, 9.17) is 15.9 Å². The van der Waals surface area contributed by atoms with E-state index in [0.29, 0.717) is 43.6 Å². The van der Waals surface area contributed by atoms with E-state index in [9.17, 15) is 25.2 Å².